The van der Waals surface area contributed by atoms with Crippen molar-refractivity contribution in [2.24, 2.45) is 4.99 Å². The molecule has 7 nitrogen and oxygen atoms in total. The van der Waals surface area contributed by atoms with Gasteiger partial charge in [0.05, 0.1) is 6.10 Å². The molecule has 2 fully saturated rings. The summed E-state index contributed by atoms with van der Waals surface area (Å²) in [4.78, 5) is 11.9. The molecule has 0 radical (unpaired) electrons. The summed E-state index contributed by atoms with van der Waals surface area (Å²) < 4.78 is 11.0. The van der Waals surface area contributed by atoms with Crippen molar-refractivity contribution in [2.45, 2.75) is 38.2 Å². The highest BCUT2D eigenvalue weighted by molar-refractivity contribution is 5.79. The third kappa shape index (κ3) is 8.77. The first-order chi connectivity index (χ1) is 13.2. The van der Waals surface area contributed by atoms with Gasteiger partial charge in [-0.2, -0.15) is 0 Å². The summed E-state index contributed by atoms with van der Waals surface area (Å²) in [6.07, 6.45) is 5.98. The first-order valence-electron chi connectivity index (χ1n) is 10.7. The maximum absolute atomic E-state index is 5.95. The number of hydrogen-bond acceptors (Lipinski definition) is 5. The lowest BCUT2D eigenvalue weighted by Gasteiger charge is -2.34. The fourth-order valence-corrected chi connectivity index (χ4v) is 3.85. The van der Waals surface area contributed by atoms with Crippen LogP contribution in [0.5, 0.6) is 0 Å². The summed E-state index contributed by atoms with van der Waals surface area (Å²) in [5.74, 6) is 1.04. The fraction of sp³-hybridized carbons (Fsp3) is 0.950. The molecule has 0 atom stereocenters. The Labute approximate surface area is 166 Å². The number of nitrogens with zero attached hydrogens (tertiary/aromatic N) is 4. The van der Waals surface area contributed by atoms with Crippen LogP contribution < -0.4 is 5.32 Å². The molecule has 0 aliphatic carbocycles. The van der Waals surface area contributed by atoms with Gasteiger partial charge in [0.25, 0.3) is 0 Å². The van der Waals surface area contributed by atoms with Crippen LogP contribution in [0.25, 0.3) is 0 Å². The quantitative estimate of drug-likeness (QED) is 0.366. The Hall–Kier alpha value is -0.890. The van der Waals surface area contributed by atoms with Crippen molar-refractivity contribution < 1.29 is 9.47 Å². The number of aliphatic imine (C=N–C) groups is 1. The number of methoxy groups -OCH3 is 1. The predicted octanol–water partition coefficient (Wildman–Crippen LogP) is 1.11. The molecule has 0 amide bonds. The van der Waals surface area contributed by atoms with Gasteiger partial charge in [-0.1, -0.05) is 0 Å². The number of nitrogens with one attached hydrogen (secondary N) is 1. The van der Waals surface area contributed by atoms with E-state index in [9.17, 15) is 0 Å². The van der Waals surface area contributed by atoms with Crippen molar-refractivity contribution in [1.82, 2.24) is 20.0 Å². The standard InChI is InChI=1S/C20H41N5O2/c1-21-20(22-9-4-11-24-12-5-10-23(2)15-16-24)25-13-7-19(8-14-25)27-18-6-17-26-3/h19H,4-18H2,1-3H3,(H,21,22). The Balaban J connectivity index is 1.57. The summed E-state index contributed by atoms with van der Waals surface area (Å²) in [6.45, 7) is 10.6. The number of likely N-dealkylation sites (tertiary alicyclic amines) is 1. The Morgan fingerprint density at radius 1 is 1.04 bits per heavy atom. The van der Waals surface area contributed by atoms with Gasteiger partial charge in [0.1, 0.15) is 0 Å². The molecule has 2 heterocycles. The third-order valence-electron chi connectivity index (χ3n) is 5.55. The van der Waals surface area contributed by atoms with Crippen LogP contribution in [-0.4, -0.2) is 114 Å². The van der Waals surface area contributed by atoms with Crippen molar-refractivity contribution >= 4 is 5.96 Å². The molecule has 0 bridgehead atoms. The molecule has 2 aliphatic rings. The lowest BCUT2D eigenvalue weighted by Crippen LogP contribution is -2.47. The normalized spacial score (nSPS) is 21.4. The molecule has 1 N–H and O–H groups in total. The monoisotopic (exact) mass is 383 g/mol. The second-order valence-electron chi connectivity index (χ2n) is 7.73. The van der Waals surface area contributed by atoms with E-state index in [0.29, 0.717) is 6.10 Å². The number of likely N-dealkylation sites (N-methyl/N-ethyl adjacent to an activating group) is 1. The van der Waals surface area contributed by atoms with Crippen LogP contribution in [0.15, 0.2) is 4.99 Å². The van der Waals surface area contributed by atoms with Gasteiger partial charge in [0.15, 0.2) is 5.96 Å². The second-order valence-corrected chi connectivity index (χ2v) is 7.73. The molecule has 158 valence electrons. The summed E-state index contributed by atoms with van der Waals surface area (Å²) >= 11 is 0. The van der Waals surface area contributed by atoms with Gasteiger partial charge in [-0.05, 0) is 58.8 Å². The molecule has 7 heteroatoms. The first-order valence-corrected chi connectivity index (χ1v) is 10.7. The zero-order valence-corrected chi connectivity index (χ0v) is 17.8. The number of hydrogen-bond donors (Lipinski definition) is 1. The summed E-state index contributed by atoms with van der Waals surface area (Å²) in [7, 11) is 5.85. The van der Waals surface area contributed by atoms with Crippen LogP contribution in [0.4, 0.5) is 0 Å². The summed E-state index contributed by atoms with van der Waals surface area (Å²) in [5.41, 5.74) is 0. The average Bonchev–Trinajstić information content (AvgIpc) is 2.90. The fourth-order valence-electron chi connectivity index (χ4n) is 3.85. The molecular formula is C20H41N5O2. The van der Waals surface area contributed by atoms with Crippen molar-refractivity contribution in [3.63, 3.8) is 0 Å². The molecule has 0 aromatic carbocycles. The lowest BCUT2D eigenvalue weighted by atomic mass is 10.1. The zero-order valence-electron chi connectivity index (χ0n) is 17.8. The van der Waals surface area contributed by atoms with E-state index in [0.717, 1.165) is 58.1 Å². The molecule has 0 spiro atoms. The molecule has 0 aromatic rings. The number of guanidine groups is 1. The van der Waals surface area contributed by atoms with Gasteiger partial charge in [0, 0.05) is 60.1 Å². The highest BCUT2D eigenvalue weighted by Gasteiger charge is 2.21. The highest BCUT2D eigenvalue weighted by Crippen LogP contribution is 2.14. The van der Waals surface area contributed by atoms with Crippen molar-refractivity contribution in [1.29, 1.82) is 0 Å². The Kier molecular flexibility index (Phi) is 11.0. The van der Waals surface area contributed by atoms with E-state index in [-0.39, 0.29) is 0 Å². The molecule has 0 aromatic heterocycles. The molecular weight excluding hydrogens is 342 g/mol. The van der Waals surface area contributed by atoms with Gasteiger partial charge in [0.2, 0.25) is 0 Å². The van der Waals surface area contributed by atoms with Gasteiger partial charge in [-0.15, -0.1) is 0 Å². The maximum Gasteiger partial charge on any atom is 0.193 e. The van der Waals surface area contributed by atoms with E-state index in [4.69, 9.17) is 9.47 Å². The van der Waals surface area contributed by atoms with E-state index in [1.807, 2.05) is 7.05 Å². The van der Waals surface area contributed by atoms with Crippen LogP contribution in [0.1, 0.15) is 32.1 Å². The second kappa shape index (κ2) is 13.3. The molecule has 2 rings (SSSR count). The van der Waals surface area contributed by atoms with E-state index in [1.165, 1.54) is 45.6 Å². The van der Waals surface area contributed by atoms with E-state index in [1.54, 1.807) is 7.11 Å². The third-order valence-corrected chi connectivity index (χ3v) is 5.55. The molecule has 0 unspecified atom stereocenters. The topological polar surface area (TPSA) is 52.6 Å². The molecule has 0 saturated carbocycles. The van der Waals surface area contributed by atoms with Crippen molar-refractivity contribution in [2.75, 3.05) is 86.8 Å². The van der Waals surface area contributed by atoms with Crippen LogP contribution >= 0.6 is 0 Å². The number of rotatable bonds is 9. The molecule has 2 saturated heterocycles. The van der Waals surface area contributed by atoms with E-state index >= 15 is 0 Å². The summed E-state index contributed by atoms with van der Waals surface area (Å²) in [6, 6.07) is 0. The Morgan fingerprint density at radius 3 is 2.59 bits per heavy atom. The molecule has 2 aliphatic heterocycles. The minimum atomic E-state index is 0.386. The highest BCUT2D eigenvalue weighted by atomic mass is 16.5. The number of piperidine rings is 1. The van der Waals surface area contributed by atoms with Gasteiger partial charge in [-0.3, -0.25) is 4.99 Å². The van der Waals surface area contributed by atoms with Gasteiger partial charge < -0.3 is 29.5 Å². The van der Waals surface area contributed by atoms with Gasteiger partial charge in [-0.25, -0.2) is 0 Å². The van der Waals surface area contributed by atoms with E-state index < -0.39 is 0 Å². The van der Waals surface area contributed by atoms with Crippen molar-refractivity contribution in [3.05, 3.63) is 0 Å². The summed E-state index contributed by atoms with van der Waals surface area (Å²) in [5, 5.41) is 3.56. The largest absolute Gasteiger partial charge is 0.385 e. The van der Waals surface area contributed by atoms with Crippen LogP contribution in [0.3, 0.4) is 0 Å². The first kappa shape index (κ1) is 22.4. The minimum absolute atomic E-state index is 0.386. The average molecular weight is 384 g/mol. The van der Waals surface area contributed by atoms with Crippen LogP contribution in [-0.2, 0) is 9.47 Å². The number of ether oxygens (including phenoxy) is 2. The minimum Gasteiger partial charge on any atom is -0.385 e. The maximum atomic E-state index is 5.95. The van der Waals surface area contributed by atoms with Gasteiger partial charge >= 0.3 is 0 Å². The zero-order chi connectivity index (χ0) is 19.3. The predicted molar refractivity (Wildman–Crippen MR) is 112 cm³/mol. The molecule has 27 heavy (non-hydrogen) atoms. The van der Waals surface area contributed by atoms with Crippen molar-refractivity contribution in [3.8, 4) is 0 Å². The van der Waals surface area contributed by atoms with E-state index in [2.05, 4.69) is 32.1 Å². The Morgan fingerprint density at radius 2 is 1.85 bits per heavy atom. The van der Waals surface area contributed by atoms with Crippen LogP contribution in [0.2, 0.25) is 0 Å². The van der Waals surface area contributed by atoms with Crippen LogP contribution in [0, 0.1) is 0 Å². The Bertz CT molecular complexity index is 413. The lowest BCUT2D eigenvalue weighted by molar-refractivity contribution is 0.00991. The smallest absolute Gasteiger partial charge is 0.193 e. The SMILES string of the molecule is CN=C(NCCCN1CCCN(C)CC1)N1CCC(OCCCOC)CC1.